The Morgan fingerprint density at radius 1 is 1.04 bits per heavy atom. The number of aromatic nitrogens is 1. The molecule has 3 rings (SSSR count). The highest BCUT2D eigenvalue weighted by molar-refractivity contribution is 5.82. The van der Waals surface area contributed by atoms with Gasteiger partial charge < -0.3 is 0 Å². The van der Waals surface area contributed by atoms with Crippen LogP contribution >= 0.6 is 0 Å². The van der Waals surface area contributed by atoms with Gasteiger partial charge >= 0.3 is 0 Å². The molecule has 0 saturated carbocycles. The van der Waals surface area contributed by atoms with E-state index in [0.717, 1.165) is 48.7 Å². The van der Waals surface area contributed by atoms with Crippen LogP contribution in [0, 0.1) is 0 Å². The van der Waals surface area contributed by atoms with E-state index in [9.17, 15) is 4.39 Å². The zero-order valence-corrected chi connectivity index (χ0v) is 16.1. The van der Waals surface area contributed by atoms with Crippen LogP contribution in [0.25, 0.3) is 22.2 Å². The summed E-state index contributed by atoms with van der Waals surface area (Å²) in [7, 11) is 0. The van der Waals surface area contributed by atoms with Crippen molar-refractivity contribution in [1.82, 2.24) is 4.98 Å². The molecule has 1 aromatic heterocycles. The predicted octanol–water partition coefficient (Wildman–Crippen LogP) is 7.09. The van der Waals surface area contributed by atoms with Crippen LogP contribution in [0.1, 0.15) is 43.7 Å². The summed E-state index contributed by atoms with van der Waals surface area (Å²) in [5.41, 5.74) is 5.81. The monoisotopic (exact) mass is 361 g/mol. The third kappa shape index (κ3) is 5.26. The number of nitrogens with zero attached hydrogens (tertiary/aromatic N) is 1. The molecule has 0 amide bonds. The Morgan fingerprint density at radius 3 is 2.70 bits per heavy atom. The zero-order chi connectivity index (χ0) is 19.1. The maximum atomic E-state index is 12.9. The van der Waals surface area contributed by atoms with E-state index in [1.165, 1.54) is 16.7 Å². The normalized spacial score (nSPS) is 12.2. The van der Waals surface area contributed by atoms with E-state index in [-0.39, 0.29) is 0 Å². The van der Waals surface area contributed by atoms with Gasteiger partial charge in [0.05, 0.1) is 17.4 Å². The minimum atomic E-state index is -0.682. The van der Waals surface area contributed by atoms with E-state index in [0.29, 0.717) is 6.42 Å². The van der Waals surface area contributed by atoms with Crippen molar-refractivity contribution in [3.8, 4) is 11.3 Å². The summed E-state index contributed by atoms with van der Waals surface area (Å²) in [5.74, 6) is 0. The Hall–Kier alpha value is -2.48. The minimum absolute atomic E-state index is 0.675. The average molecular weight is 362 g/mol. The van der Waals surface area contributed by atoms with E-state index >= 15 is 0 Å². The number of aryl methyl sites for hydroxylation is 1. The van der Waals surface area contributed by atoms with Gasteiger partial charge in [-0.2, -0.15) is 0 Å². The molecule has 0 aliphatic carbocycles. The number of halogens is 1. The van der Waals surface area contributed by atoms with Crippen LogP contribution in [0.3, 0.4) is 0 Å². The van der Waals surface area contributed by atoms with Crippen LogP contribution in [0.5, 0.6) is 0 Å². The molecule has 140 valence electrons. The zero-order valence-electron chi connectivity index (χ0n) is 16.1. The first-order valence-electron chi connectivity index (χ1n) is 9.90. The van der Waals surface area contributed by atoms with Crippen molar-refractivity contribution < 1.29 is 4.39 Å². The summed E-state index contributed by atoms with van der Waals surface area (Å²) >= 11 is 0. The second-order valence-electron chi connectivity index (χ2n) is 7.25. The Kier molecular flexibility index (Phi) is 6.75. The molecule has 1 atom stereocenters. The van der Waals surface area contributed by atoms with Crippen molar-refractivity contribution >= 4 is 10.9 Å². The fraction of sp³-hybridized carbons (Fsp3) is 0.320. The molecule has 0 aliphatic rings. The van der Waals surface area contributed by atoms with Crippen LogP contribution < -0.4 is 0 Å². The van der Waals surface area contributed by atoms with Gasteiger partial charge in [0.15, 0.2) is 0 Å². The maximum absolute atomic E-state index is 12.9. The lowest BCUT2D eigenvalue weighted by Crippen LogP contribution is -1.96. The molecule has 3 aromatic rings. The maximum Gasteiger partial charge on any atom is 0.0973 e. The number of fused-ring (bicyclic) bond motifs is 1. The molecule has 0 N–H and O–H groups in total. The Morgan fingerprint density at radius 2 is 1.89 bits per heavy atom. The first-order valence-corrected chi connectivity index (χ1v) is 9.90. The van der Waals surface area contributed by atoms with Crippen molar-refractivity contribution in [3.05, 3.63) is 78.4 Å². The number of alkyl halides is 1. The van der Waals surface area contributed by atoms with Crippen molar-refractivity contribution in [3.63, 3.8) is 0 Å². The highest BCUT2D eigenvalue weighted by Gasteiger charge is 2.08. The molecular weight excluding hydrogens is 333 g/mol. The number of unbranched alkanes of at least 4 members (excludes halogenated alkanes) is 2. The lowest BCUT2D eigenvalue weighted by molar-refractivity contribution is 0.330. The molecule has 0 radical (unpaired) electrons. The molecule has 0 fully saturated rings. The molecule has 0 saturated heterocycles. The van der Waals surface area contributed by atoms with E-state index in [2.05, 4.69) is 49.0 Å². The Balaban J connectivity index is 1.77. The van der Waals surface area contributed by atoms with Gasteiger partial charge in [-0.1, -0.05) is 61.4 Å². The standard InChI is InChI=1S/C25H28FN/c1-3-9-22-18-20(11-6-4-5-10-19(2)26)14-16-23(22)25-17-15-21-12-7-8-13-24(21)27-25/h3,7-8,12-19H,1,4-6,9-11H2,2H3. The van der Waals surface area contributed by atoms with Gasteiger partial charge in [-0.15, -0.1) is 6.58 Å². The number of allylic oxidation sites excluding steroid dienone is 1. The summed E-state index contributed by atoms with van der Waals surface area (Å²) in [6.07, 6.45) is 6.97. The molecule has 1 nitrogen and oxygen atoms in total. The van der Waals surface area contributed by atoms with Crippen molar-refractivity contribution in [2.24, 2.45) is 0 Å². The molecule has 1 heterocycles. The summed E-state index contributed by atoms with van der Waals surface area (Å²) in [5, 5.41) is 1.16. The number of hydrogen-bond acceptors (Lipinski definition) is 1. The highest BCUT2D eigenvalue weighted by atomic mass is 19.1. The molecule has 2 heteroatoms. The SMILES string of the molecule is C=CCc1cc(CCCCCC(C)F)ccc1-c1ccc2ccccc2n1. The molecule has 0 aliphatic heterocycles. The predicted molar refractivity (Wildman–Crippen MR) is 114 cm³/mol. The molecule has 0 spiro atoms. The van der Waals surface area contributed by atoms with Crippen LogP contribution in [0.15, 0.2) is 67.3 Å². The van der Waals surface area contributed by atoms with Crippen molar-refractivity contribution in [2.45, 2.75) is 51.6 Å². The first-order chi connectivity index (χ1) is 13.2. The Bertz CT molecular complexity index is 898. The molecule has 27 heavy (non-hydrogen) atoms. The highest BCUT2D eigenvalue weighted by Crippen LogP contribution is 2.27. The number of rotatable bonds is 9. The second-order valence-corrected chi connectivity index (χ2v) is 7.25. The summed E-state index contributed by atoms with van der Waals surface area (Å²) in [6, 6.07) is 19.1. The molecule has 1 unspecified atom stereocenters. The first kappa shape index (κ1) is 19.3. The van der Waals surface area contributed by atoms with Crippen LogP contribution in [0.2, 0.25) is 0 Å². The minimum Gasteiger partial charge on any atom is -0.248 e. The van der Waals surface area contributed by atoms with Crippen molar-refractivity contribution in [2.75, 3.05) is 0 Å². The number of pyridine rings is 1. The van der Waals surface area contributed by atoms with Gasteiger partial charge in [-0.05, 0) is 55.9 Å². The average Bonchev–Trinajstić information content (AvgIpc) is 2.67. The van der Waals surface area contributed by atoms with Gasteiger partial charge in [0.25, 0.3) is 0 Å². The van der Waals surface area contributed by atoms with Crippen molar-refractivity contribution in [1.29, 1.82) is 0 Å². The van der Waals surface area contributed by atoms with Gasteiger partial charge in [0, 0.05) is 10.9 Å². The number of para-hydroxylation sites is 1. The van der Waals surface area contributed by atoms with Gasteiger partial charge in [-0.3, -0.25) is 0 Å². The lowest BCUT2D eigenvalue weighted by Gasteiger charge is -2.11. The van der Waals surface area contributed by atoms with Gasteiger partial charge in [-0.25, -0.2) is 9.37 Å². The largest absolute Gasteiger partial charge is 0.248 e. The van der Waals surface area contributed by atoms with E-state index in [1.54, 1.807) is 6.92 Å². The van der Waals surface area contributed by atoms with E-state index in [1.807, 2.05) is 18.2 Å². The Labute approximate surface area is 162 Å². The number of hydrogen-bond donors (Lipinski definition) is 0. The molecule has 2 aromatic carbocycles. The summed E-state index contributed by atoms with van der Waals surface area (Å²) in [4.78, 5) is 4.85. The fourth-order valence-electron chi connectivity index (χ4n) is 3.52. The number of benzene rings is 2. The van der Waals surface area contributed by atoms with Crippen LogP contribution in [-0.2, 0) is 12.8 Å². The quantitative estimate of drug-likeness (QED) is 0.293. The smallest absolute Gasteiger partial charge is 0.0973 e. The van der Waals surface area contributed by atoms with E-state index < -0.39 is 6.17 Å². The van der Waals surface area contributed by atoms with Crippen LogP contribution in [-0.4, -0.2) is 11.2 Å². The molecular formula is C25H28FN. The van der Waals surface area contributed by atoms with Gasteiger partial charge in [0.2, 0.25) is 0 Å². The van der Waals surface area contributed by atoms with Crippen LogP contribution in [0.4, 0.5) is 4.39 Å². The topological polar surface area (TPSA) is 12.9 Å². The fourth-order valence-corrected chi connectivity index (χ4v) is 3.52. The van der Waals surface area contributed by atoms with Gasteiger partial charge in [0.1, 0.15) is 0 Å². The summed E-state index contributed by atoms with van der Waals surface area (Å²) in [6.45, 7) is 5.56. The summed E-state index contributed by atoms with van der Waals surface area (Å²) < 4.78 is 12.9. The third-order valence-electron chi connectivity index (χ3n) is 4.98. The lowest BCUT2D eigenvalue weighted by atomic mass is 9.96. The third-order valence-corrected chi connectivity index (χ3v) is 4.98. The van der Waals surface area contributed by atoms with E-state index in [4.69, 9.17) is 4.98 Å². The second kappa shape index (κ2) is 9.45. The molecule has 0 bridgehead atoms.